The molecule has 5 nitrogen and oxygen atoms in total. The summed E-state index contributed by atoms with van der Waals surface area (Å²) in [6.07, 6.45) is 0. The number of amides is 1. The van der Waals surface area contributed by atoms with Gasteiger partial charge in [0, 0.05) is 11.1 Å². The highest BCUT2D eigenvalue weighted by molar-refractivity contribution is 6.13. The predicted octanol–water partition coefficient (Wildman–Crippen LogP) is 0.859. The molecule has 2 aromatic carbocycles. The third-order valence-corrected chi connectivity index (χ3v) is 4.51. The van der Waals surface area contributed by atoms with Crippen molar-refractivity contribution >= 4 is 11.6 Å². The van der Waals surface area contributed by atoms with Gasteiger partial charge in [-0.1, -0.05) is 60.7 Å². The van der Waals surface area contributed by atoms with E-state index in [1.54, 1.807) is 0 Å². The van der Waals surface area contributed by atoms with E-state index < -0.39 is 0 Å². The number of morpholine rings is 1. The summed E-state index contributed by atoms with van der Waals surface area (Å²) in [5.74, 6) is -0.0683. The third kappa shape index (κ3) is 4.53. The molecule has 0 unspecified atom stereocenters. The summed E-state index contributed by atoms with van der Waals surface area (Å²) >= 11 is 0. The molecule has 25 heavy (non-hydrogen) atoms. The topological polar surface area (TPSA) is 55.1 Å². The van der Waals surface area contributed by atoms with Crippen molar-refractivity contribution in [3.05, 3.63) is 71.8 Å². The third-order valence-electron chi connectivity index (χ3n) is 4.51. The van der Waals surface area contributed by atoms with E-state index in [4.69, 9.17) is 4.74 Å². The lowest BCUT2D eigenvalue weighted by Crippen LogP contribution is -3.18. The van der Waals surface area contributed by atoms with Gasteiger partial charge in [0.25, 0.3) is 5.91 Å². The molecular weight excluding hydrogens is 314 g/mol. The SMILES string of the molecule is C[C@@H](C(=O)NN=C(c1ccccc1)c1ccccc1)[NH+]1CCOCC1. The molecule has 1 heterocycles. The van der Waals surface area contributed by atoms with E-state index in [9.17, 15) is 4.79 Å². The first kappa shape index (κ1) is 17.3. The first-order valence-electron chi connectivity index (χ1n) is 8.66. The molecule has 130 valence electrons. The van der Waals surface area contributed by atoms with Crippen LogP contribution in [0.4, 0.5) is 0 Å². The fourth-order valence-electron chi connectivity index (χ4n) is 2.95. The number of rotatable bonds is 5. The van der Waals surface area contributed by atoms with E-state index in [2.05, 4.69) is 10.5 Å². The van der Waals surface area contributed by atoms with E-state index in [-0.39, 0.29) is 11.9 Å². The van der Waals surface area contributed by atoms with Gasteiger partial charge in [-0.3, -0.25) is 4.79 Å². The average molecular weight is 338 g/mol. The van der Waals surface area contributed by atoms with Crippen molar-refractivity contribution in [2.45, 2.75) is 13.0 Å². The monoisotopic (exact) mass is 338 g/mol. The van der Waals surface area contributed by atoms with Crippen LogP contribution in [-0.2, 0) is 9.53 Å². The number of hydrazone groups is 1. The first-order chi connectivity index (χ1) is 12.3. The lowest BCUT2D eigenvalue weighted by Gasteiger charge is -2.27. The lowest BCUT2D eigenvalue weighted by atomic mass is 10.0. The van der Waals surface area contributed by atoms with E-state index >= 15 is 0 Å². The molecule has 1 saturated heterocycles. The van der Waals surface area contributed by atoms with Gasteiger partial charge in [-0.25, -0.2) is 5.43 Å². The molecule has 2 aromatic rings. The highest BCUT2D eigenvalue weighted by Crippen LogP contribution is 2.10. The summed E-state index contributed by atoms with van der Waals surface area (Å²) in [6, 6.07) is 19.6. The van der Waals surface area contributed by atoms with Crippen molar-refractivity contribution in [1.29, 1.82) is 0 Å². The Hall–Kier alpha value is -2.50. The normalized spacial score (nSPS) is 16.0. The number of carbonyl (C=O) groups is 1. The zero-order valence-corrected chi connectivity index (χ0v) is 14.4. The number of hydrogen-bond donors (Lipinski definition) is 2. The van der Waals surface area contributed by atoms with Gasteiger partial charge in [0.05, 0.1) is 18.9 Å². The van der Waals surface area contributed by atoms with Crippen LogP contribution in [0.5, 0.6) is 0 Å². The summed E-state index contributed by atoms with van der Waals surface area (Å²) < 4.78 is 5.36. The van der Waals surface area contributed by atoms with Crippen LogP contribution in [0.1, 0.15) is 18.1 Å². The Balaban J connectivity index is 1.78. The first-order valence-corrected chi connectivity index (χ1v) is 8.66. The molecule has 2 N–H and O–H groups in total. The van der Waals surface area contributed by atoms with Crippen LogP contribution in [-0.4, -0.2) is 44.0 Å². The zero-order valence-electron chi connectivity index (χ0n) is 14.4. The Morgan fingerprint density at radius 3 is 2.04 bits per heavy atom. The maximum absolute atomic E-state index is 12.5. The van der Waals surface area contributed by atoms with E-state index in [1.165, 1.54) is 4.90 Å². The number of nitrogens with zero attached hydrogens (tertiary/aromatic N) is 1. The van der Waals surface area contributed by atoms with Crippen LogP contribution in [0.2, 0.25) is 0 Å². The second-order valence-electron chi connectivity index (χ2n) is 6.16. The summed E-state index contributed by atoms with van der Waals surface area (Å²) in [5, 5.41) is 4.45. The van der Waals surface area contributed by atoms with Crippen molar-refractivity contribution in [1.82, 2.24) is 5.43 Å². The van der Waals surface area contributed by atoms with Gasteiger partial charge < -0.3 is 9.64 Å². The highest BCUT2D eigenvalue weighted by Gasteiger charge is 2.26. The largest absolute Gasteiger partial charge is 0.370 e. The molecule has 1 aliphatic rings. The second kappa shape index (κ2) is 8.55. The van der Waals surface area contributed by atoms with Crippen molar-refractivity contribution in [3.8, 4) is 0 Å². The molecule has 3 rings (SSSR count). The maximum atomic E-state index is 12.5. The molecule has 0 radical (unpaired) electrons. The molecule has 0 spiro atoms. The number of quaternary nitrogens is 1. The smallest absolute Gasteiger partial charge is 0.298 e. The maximum Gasteiger partial charge on any atom is 0.298 e. The van der Waals surface area contributed by atoms with Crippen LogP contribution in [0.3, 0.4) is 0 Å². The van der Waals surface area contributed by atoms with Gasteiger partial charge in [-0.05, 0) is 6.92 Å². The Kier molecular flexibility index (Phi) is 5.93. The van der Waals surface area contributed by atoms with Gasteiger partial charge >= 0.3 is 0 Å². The Labute approximate surface area is 148 Å². The number of benzene rings is 2. The van der Waals surface area contributed by atoms with Crippen LogP contribution < -0.4 is 10.3 Å². The fraction of sp³-hybridized carbons (Fsp3) is 0.300. The van der Waals surface area contributed by atoms with Gasteiger partial charge in [-0.15, -0.1) is 0 Å². The van der Waals surface area contributed by atoms with Gasteiger partial charge in [0.1, 0.15) is 13.1 Å². The van der Waals surface area contributed by atoms with E-state index in [0.717, 1.165) is 29.9 Å². The molecule has 0 saturated carbocycles. The van der Waals surface area contributed by atoms with Gasteiger partial charge in [0.2, 0.25) is 0 Å². The molecule has 1 amide bonds. The minimum Gasteiger partial charge on any atom is -0.370 e. The minimum atomic E-state index is -0.152. The Bertz CT molecular complexity index is 669. The zero-order chi connectivity index (χ0) is 17.5. The van der Waals surface area contributed by atoms with Crippen molar-refractivity contribution < 1.29 is 14.4 Å². The van der Waals surface area contributed by atoms with Gasteiger partial charge in [-0.2, -0.15) is 5.10 Å². The Morgan fingerprint density at radius 1 is 1.00 bits per heavy atom. The summed E-state index contributed by atoms with van der Waals surface area (Å²) in [7, 11) is 0. The molecular formula is C20H24N3O2+. The average Bonchev–Trinajstić information content (AvgIpc) is 2.70. The van der Waals surface area contributed by atoms with E-state index in [1.807, 2.05) is 67.6 Å². The second-order valence-corrected chi connectivity index (χ2v) is 6.16. The van der Waals surface area contributed by atoms with Crippen LogP contribution >= 0.6 is 0 Å². The quantitative estimate of drug-likeness (QED) is 0.628. The van der Waals surface area contributed by atoms with Crippen LogP contribution in [0.15, 0.2) is 65.8 Å². The predicted molar refractivity (Wildman–Crippen MR) is 97.6 cm³/mol. The molecule has 0 aromatic heterocycles. The van der Waals surface area contributed by atoms with Crippen molar-refractivity contribution in [2.24, 2.45) is 5.10 Å². The molecule has 1 aliphatic heterocycles. The number of carbonyl (C=O) groups excluding carboxylic acids is 1. The summed E-state index contributed by atoms with van der Waals surface area (Å²) in [4.78, 5) is 13.8. The number of ether oxygens (including phenoxy) is 1. The fourth-order valence-corrected chi connectivity index (χ4v) is 2.95. The van der Waals surface area contributed by atoms with Gasteiger partial charge in [0.15, 0.2) is 6.04 Å². The van der Waals surface area contributed by atoms with Crippen LogP contribution in [0, 0.1) is 0 Å². The molecule has 5 heteroatoms. The summed E-state index contributed by atoms with van der Waals surface area (Å²) in [5.41, 5.74) is 5.47. The molecule has 1 fully saturated rings. The van der Waals surface area contributed by atoms with E-state index in [0.29, 0.717) is 13.2 Å². The van der Waals surface area contributed by atoms with Crippen molar-refractivity contribution in [3.63, 3.8) is 0 Å². The number of hydrogen-bond acceptors (Lipinski definition) is 3. The Morgan fingerprint density at radius 2 is 1.52 bits per heavy atom. The molecule has 0 bridgehead atoms. The standard InChI is InChI=1S/C20H23N3O2/c1-16(23-12-14-25-15-13-23)20(24)22-21-19(17-8-4-2-5-9-17)18-10-6-3-7-11-18/h2-11,16H,12-15H2,1H3,(H,22,24)/p+1/t16-/m0/s1. The highest BCUT2D eigenvalue weighted by atomic mass is 16.5. The van der Waals surface area contributed by atoms with Crippen molar-refractivity contribution in [2.75, 3.05) is 26.3 Å². The minimum absolute atomic E-state index is 0.0683. The number of nitrogens with one attached hydrogen (secondary N) is 2. The molecule has 1 atom stereocenters. The van der Waals surface area contributed by atoms with Crippen LogP contribution in [0.25, 0.3) is 0 Å². The lowest BCUT2D eigenvalue weighted by molar-refractivity contribution is -0.921. The molecule has 0 aliphatic carbocycles. The summed E-state index contributed by atoms with van der Waals surface area (Å²) in [6.45, 7) is 5.05.